The first-order valence-electron chi connectivity index (χ1n) is 6.32. The first-order chi connectivity index (χ1) is 9.52. The third-order valence-electron chi connectivity index (χ3n) is 2.83. The Morgan fingerprint density at radius 1 is 0.950 bits per heavy atom. The van der Waals surface area contributed by atoms with Gasteiger partial charge in [0.25, 0.3) is 0 Å². The van der Waals surface area contributed by atoms with Crippen molar-refractivity contribution in [3.63, 3.8) is 0 Å². The van der Waals surface area contributed by atoms with Crippen molar-refractivity contribution >= 4 is 17.9 Å². The second kappa shape index (κ2) is 6.06. The maximum Gasteiger partial charge on any atom is 0.134 e. The highest BCUT2D eigenvalue weighted by Gasteiger charge is 1.98. The molecule has 0 aromatic heterocycles. The van der Waals surface area contributed by atoms with E-state index in [0.717, 1.165) is 16.7 Å². The van der Waals surface area contributed by atoms with Gasteiger partial charge in [-0.2, -0.15) is 0 Å². The van der Waals surface area contributed by atoms with Crippen molar-refractivity contribution in [3.8, 4) is 11.5 Å². The Bertz CT molecular complexity index is 620. The molecule has 0 saturated heterocycles. The summed E-state index contributed by atoms with van der Waals surface area (Å²) in [6.45, 7) is 1.57. The second-order valence-corrected chi connectivity index (χ2v) is 4.74. The summed E-state index contributed by atoms with van der Waals surface area (Å²) in [5, 5.41) is 18.8. The smallest absolute Gasteiger partial charge is 0.134 e. The largest absolute Gasteiger partial charge is 0.508 e. The number of hydrogen-bond donors (Lipinski definition) is 2. The highest BCUT2D eigenvalue weighted by Crippen LogP contribution is 2.22. The van der Waals surface area contributed by atoms with E-state index in [2.05, 4.69) is 0 Å². The molecule has 0 radical (unpaired) electrons. The van der Waals surface area contributed by atoms with E-state index in [4.69, 9.17) is 0 Å². The van der Waals surface area contributed by atoms with Crippen molar-refractivity contribution in [2.75, 3.05) is 0 Å². The molecule has 0 amide bonds. The monoisotopic (exact) mass is 268 g/mol. The summed E-state index contributed by atoms with van der Waals surface area (Å²) >= 11 is 0. The van der Waals surface area contributed by atoms with Crippen molar-refractivity contribution in [2.45, 2.75) is 13.3 Å². The van der Waals surface area contributed by atoms with E-state index in [0.29, 0.717) is 6.42 Å². The third kappa shape index (κ3) is 3.99. The lowest BCUT2D eigenvalue weighted by atomic mass is 10.1. The van der Waals surface area contributed by atoms with Crippen LogP contribution in [0.25, 0.3) is 12.2 Å². The number of ketones is 1. The summed E-state index contributed by atoms with van der Waals surface area (Å²) in [4.78, 5) is 11.0. The molecule has 2 aromatic rings. The molecule has 2 rings (SSSR count). The van der Waals surface area contributed by atoms with Crippen LogP contribution in [0.4, 0.5) is 0 Å². The molecule has 0 fully saturated rings. The molecule has 3 nitrogen and oxygen atoms in total. The van der Waals surface area contributed by atoms with Gasteiger partial charge in [-0.15, -0.1) is 0 Å². The average Bonchev–Trinajstić information content (AvgIpc) is 2.36. The summed E-state index contributed by atoms with van der Waals surface area (Å²) in [5.41, 5.74) is 2.69. The van der Waals surface area contributed by atoms with Crippen LogP contribution in [0.1, 0.15) is 23.6 Å². The zero-order valence-corrected chi connectivity index (χ0v) is 11.2. The Morgan fingerprint density at radius 3 is 2.05 bits per heavy atom. The average molecular weight is 268 g/mol. The van der Waals surface area contributed by atoms with Crippen LogP contribution in [0.2, 0.25) is 0 Å². The standard InChI is InChI=1S/C17H16O3/c1-12(18)8-14-5-2-13(3-6-14)4-7-15-9-16(19)11-17(20)10-15/h2-7,9-11,19-20H,8H2,1H3/b7-4+. The normalized spacial score (nSPS) is 10.8. The van der Waals surface area contributed by atoms with Crippen LogP contribution in [0.15, 0.2) is 42.5 Å². The number of benzene rings is 2. The van der Waals surface area contributed by atoms with Crippen LogP contribution < -0.4 is 0 Å². The highest BCUT2D eigenvalue weighted by atomic mass is 16.3. The minimum absolute atomic E-state index is 0.0291. The fourth-order valence-electron chi connectivity index (χ4n) is 1.94. The fraction of sp³-hybridized carbons (Fsp3) is 0.118. The zero-order valence-electron chi connectivity index (χ0n) is 11.2. The van der Waals surface area contributed by atoms with E-state index in [1.165, 1.54) is 6.07 Å². The lowest BCUT2D eigenvalue weighted by molar-refractivity contribution is -0.116. The van der Waals surface area contributed by atoms with Crippen molar-refractivity contribution in [3.05, 3.63) is 59.2 Å². The maximum atomic E-state index is 11.0. The summed E-state index contributed by atoms with van der Waals surface area (Å²) < 4.78 is 0. The Labute approximate surface area is 117 Å². The van der Waals surface area contributed by atoms with Crippen molar-refractivity contribution < 1.29 is 15.0 Å². The van der Waals surface area contributed by atoms with Gasteiger partial charge in [0.15, 0.2) is 0 Å². The van der Waals surface area contributed by atoms with Crippen LogP contribution in [0.3, 0.4) is 0 Å². The molecular formula is C17H16O3. The Hall–Kier alpha value is -2.55. The molecule has 0 spiro atoms. The van der Waals surface area contributed by atoms with Crippen LogP contribution >= 0.6 is 0 Å². The molecule has 0 bridgehead atoms. The van der Waals surface area contributed by atoms with Gasteiger partial charge >= 0.3 is 0 Å². The third-order valence-corrected chi connectivity index (χ3v) is 2.83. The number of Topliss-reactive ketones (excluding diaryl/α,β-unsaturated/α-hetero) is 1. The van der Waals surface area contributed by atoms with E-state index in [1.54, 1.807) is 25.1 Å². The first kappa shape index (κ1) is 13.9. The molecule has 3 heteroatoms. The molecule has 102 valence electrons. The van der Waals surface area contributed by atoms with Crippen molar-refractivity contribution in [1.82, 2.24) is 0 Å². The van der Waals surface area contributed by atoms with Crippen LogP contribution in [-0.4, -0.2) is 16.0 Å². The van der Waals surface area contributed by atoms with Crippen molar-refractivity contribution in [2.24, 2.45) is 0 Å². The molecule has 0 aliphatic rings. The molecule has 0 heterocycles. The van der Waals surface area contributed by atoms with Gasteiger partial charge in [0.2, 0.25) is 0 Å². The van der Waals surface area contributed by atoms with E-state index >= 15 is 0 Å². The lowest BCUT2D eigenvalue weighted by Crippen LogP contribution is -1.95. The lowest BCUT2D eigenvalue weighted by Gasteiger charge is -2.00. The highest BCUT2D eigenvalue weighted by molar-refractivity contribution is 5.78. The number of aromatic hydroxyl groups is 2. The molecule has 2 aromatic carbocycles. The summed E-state index contributed by atoms with van der Waals surface area (Å²) in [5.74, 6) is 0.200. The zero-order chi connectivity index (χ0) is 14.5. The molecule has 0 aliphatic heterocycles. The fourth-order valence-corrected chi connectivity index (χ4v) is 1.94. The van der Waals surface area contributed by atoms with E-state index < -0.39 is 0 Å². The van der Waals surface area contributed by atoms with Crippen molar-refractivity contribution in [1.29, 1.82) is 0 Å². The summed E-state index contributed by atoms with van der Waals surface area (Å²) in [6.07, 6.45) is 4.13. The topological polar surface area (TPSA) is 57.5 Å². The number of hydrogen-bond acceptors (Lipinski definition) is 3. The number of carbonyl (C=O) groups excluding carboxylic acids is 1. The predicted octanol–water partition coefficient (Wildman–Crippen LogP) is 3.40. The maximum absolute atomic E-state index is 11.0. The van der Waals surface area contributed by atoms with Gasteiger partial charge in [-0.3, -0.25) is 4.79 Å². The van der Waals surface area contributed by atoms with Crippen LogP contribution in [-0.2, 0) is 11.2 Å². The van der Waals surface area contributed by atoms with Gasteiger partial charge in [0.1, 0.15) is 17.3 Å². The van der Waals surface area contributed by atoms with Gasteiger partial charge in [0.05, 0.1) is 0 Å². The van der Waals surface area contributed by atoms with Gasteiger partial charge in [-0.1, -0.05) is 36.4 Å². The van der Waals surface area contributed by atoms with E-state index in [1.807, 2.05) is 30.3 Å². The molecule has 0 aliphatic carbocycles. The predicted molar refractivity (Wildman–Crippen MR) is 79.5 cm³/mol. The number of carbonyl (C=O) groups is 1. The van der Waals surface area contributed by atoms with Crippen LogP contribution in [0, 0.1) is 0 Å². The second-order valence-electron chi connectivity index (χ2n) is 4.74. The molecule has 0 atom stereocenters. The molecule has 0 saturated carbocycles. The number of phenolic OH excluding ortho intramolecular Hbond substituents is 2. The summed E-state index contributed by atoms with van der Waals surface area (Å²) in [7, 11) is 0. The minimum Gasteiger partial charge on any atom is -0.508 e. The number of phenols is 2. The van der Waals surface area contributed by atoms with E-state index in [-0.39, 0.29) is 17.3 Å². The SMILES string of the molecule is CC(=O)Cc1ccc(/C=C/c2cc(O)cc(O)c2)cc1. The molecular weight excluding hydrogens is 252 g/mol. The quantitative estimate of drug-likeness (QED) is 0.835. The summed E-state index contributed by atoms with van der Waals surface area (Å²) in [6, 6.07) is 12.1. The Morgan fingerprint density at radius 2 is 1.50 bits per heavy atom. The first-order valence-corrected chi connectivity index (χ1v) is 6.32. The minimum atomic E-state index is 0.0291. The van der Waals surface area contributed by atoms with Gasteiger partial charge in [0, 0.05) is 12.5 Å². The van der Waals surface area contributed by atoms with E-state index in [9.17, 15) is 15.0 Å². The van der Waals surface area contributed by atoms with Gasteiger partial charge in [-0.05, 0) is 35.7 Å². The molecule has 20 heavy (non-hydrogen) atoms. The van der Waals surface area contributed by atoms with Gasteiger partial charge in [-0.25, -0.2) is 0 Å². The molecule has 2 N–H and O–H groups in total. The molecule has 0 unspecified atom stereocenters. The Balaban J connectivity index is 2.12. The number of rotatable bonds is 4. The van der Waals surface area contributed by atoms with Crippen LogP contribution in [0.5, 0.6) is 11.5 Å². The van der Waals surface area contributed by atoms with Gasteiger partial charge < -0.3 is 10.2 Å². The Kier molecular flexibility index (Phi) is 4.20.